The summed E-state index contributed by atoms with van der Waals surface area (Å²) in [5.41, 5.74) is 0.898. The molecule has 31 heavy (non-hydrogen) atoms. The average Bonchev–Trinajstić information content (AvgIpc) is 3.02. The molecule has 0 saturated carbocycles. The Kier molecular flexibility index (Phi) is 7.14. The van der Waals surface area contributed by atoms with Gasteiger partial charge in [0, 0.05) is 38.4 Å². The van der Waals surface area contributed by atoms with E-state index < -0.39 is 23.8 Å². The number of hydrogen-bond donors (Lipinski definition) is 3. The SMILES string of the molecule is CNC(=O)C(CCC=O)N1C(=O)c2cccc(NCCNc3ccnc(Cl)n3)c2C1=O. The number of hydrogen-bond acceptors (Lipinski definition) is 8. The molecule has 2 heterocycles. The molecule has 10 nitrogen and oxygen atoms in total. The number of carbonyl (C=O) groups is 4. The van der Waals surface area contributed by atoms with Crippen molar-refractivity contribution in [3.05, 3.63) is 46.9 Å². The highest BCUT2D eigenvalue weighted by molar-refractivity contribution is 6.28. The van der Waals surface area contributed by atoms with Gasteiger partial charge in [0.2, 0.25) is 11.2 Å². The van der Waals surface area contributed by atoms with E-state index in [-0.39, 0.29) is 29.3 Å². The molecule has 2 aromatic rings. The highest BCUT2D eigenvalue weighted by atomic mass is 35.5. The lowest BCUT2D eigenvalue weighted by Gasteiger charge is -2.24. The Balaban J connectivity index is 1.74. The van der Waals surface area contributed by atoms with Crippen molar-refractivity contribution in [1.29, 1.82) is 0 Å². The summed E-state index contributed by atoms with van der Waals surface area (Å²) in [5.74, 6) is -1.07. The first-order chi connectivity index (χ1) is 15.0. The van der Waals surface area contributed by atoms with Crippen LogP contribution in [0.3, 0.4) is 0 Å². The fourth-order valence-electron chi connectivity index (χ4n) is 3.32. The molecular formula is C20H21ClN6O4. The molecule has 0 saturated heterocycles. The average molecular weight is 445 g/mol. The van der Waals surface area contributed by atoms with E-state index in [0.717, 1.165) is 4.90 Å². The Morgan fingerprint density at radius 2 is 1.97 bits per heavy atom. The quantitative estimate of drug-likeness (QED) is 0.216. The molecule has 1 aliphatic rings. The van der Waals surface area contributed by atoms with E-state index in [0.29, 0.717) is 30.9 Å². The van der Waals surface area contributed by atoms with E-state index in [1.807, 2.05) is 0 Å². The second kappa shape index (κ2) is 9.98. The van der Waals surface area contributed by atoms with Crippen molar-refractivity contribution in [3.8, 4) is 0 Å². The third kappa shape index (κ3) is 4.80. The predicted molar refractivity (Wildman–Crippen MR) is 114 cm³/mol. The number of aldehydes is 1. The van der Waals surface area contributed by atoms with E-state index in [4.69, 9.17) is 11.6 Å². The van der Waals surface area contributed by atoms with Gasteiger partial charge in [-0.15, -0.1) is 0 Å². The minimum atomic E-state index is -1.06. The van der Waals surface area contributed by atoms with Gasteiger partial charge in [0.1, 0.15) is 18.1 Å². The largest absolute Gasteiger partial charge is 0.383 e. The van der Waals surface area contributed by atoms with E-state index >= 15 is 0 Å². The number of carbonyl (C=O) groups excluding carboxylic acids is 4. The number of nitrogens with zero attached hydrogens (tertiary/aromatic N) is 3. The van der Waals surface area contributed by atoms with Gasteiger partial charge in [-0.3, -0.25) is 19.3 Å². The monoisotopic (exact) mass is 444 g/mol. The summed E-state index contributed by atoms with van der Waals surface area (Å²) in [7, 11) is 1.42. The molecule has 162 valence electrons. The molecule has 3 rings (SSSR count). The number of rotatable bonds is 10. The third-order valence-corrected chi connectivity index (χ3v) is 4.92. The first-order valence-electron chi connectivity index (χ1n) is 9.60. The Morgan fingerprint density at radius 1 is 1.19 bits per heavy atom. The lowest BCUT2D eigenvalue weighted by molar-refractivity contribution is -0.124. The van der Waals surface area contributed by atoms with Crippen LogP contribution in [0.5, 0.6) is 0 Å². The minimum absolute atomic E-state index is 0.0509. The number of amides is 3. The summed E-state index contributed by atoms with van der Waals surface area (Å²) < 4.78 is 0. The molecule has 0 aliphatic carbocycles. The fraction of sp³-hybridized carbons (Fsp3) is 0.300. The molecule has 0 fully saturated rings. The molecule has 0 bridgehead atoms. The van der Waals surface area contributed by atoms with Gasteiger partial charge in [-0.2, -0.15) is 0 Å². The van der Waals surface area contributed by atoms with Crippen LogP contribution in [0.15, 0.2) is 30.5 Å². The molecule has 1 aromatic heterocycles. The minimum Gasteiger partial charge on any atom is -0.383 e. The van der Waals surface area contributed by atoms with Gasteiger partial charge in [-0.05, 0) is 36.2 Å². The molecule has 0 spiro atoms. The van der Waals surface area contributed by atoms with Crippen LogP contribution in [0.25, 0.3) is 0 Å². The van der Waals surface area contributed by atoms with Crippen LogP contribution in [0.1, 0.15) is 33.6 Å². The molecule has 1 unspecified atom stereocenters. The zero-order valence-electron chi connectivity index (χ0n) is 16.7. The van der Waals surface area contributed by atoms with E-state index in [2.05, 4.69) is 25.9 Å². The van der Waals surface area contributed by atoms with Crippen LogP contribution in [-0.2, 0) is 9.59 Å². The van der Waals surface area contributed by atoms with E-state index in [9.17, 15) is 19.2 Å². The topological polar surface area (TPSA) is 133 Å². The van der Waals surface area contributed by atoms with Crippen LogP contribution in [0.2, 0.25) is 5.28 Å². The van der Waals surface area contributed by atoms with Gasteiger partial charge in [0.05, 0.1) is 11.1 Å². The van der Waals surface area contributed by atoms with Crippen molar-refractivity contribution in [3.63, 3.8) is 0 Å². The molecule has 3 amide bonds. The van der Waals surface area contributed by atoms with Crippen LogP contribution in [0.4, 0.5) is 11.5 Å². The number of halogens is 1. The smallest absolute Gasteiger partial charge is 0.264 e. The number of likely N-dealkylation sites (N-methyl/N-ethyl adjacent to an activating group) is 1. The summed E-state index contributed by atoms with van der Waals surface area (Å²) in [6.07, 6.45) is 2.29. The van der Waals surface area contributed by atoms with Crippen LogP contribution in [0, 0.1) is 0 Å². The van der Waals surface area contributed by atoms with E-state index in [1.165, 1.54) is 13.2 Å². The summed E-state index contributed by atoms with van der Waals surface area (Å²) in [4.78, 5) is 57.8. The second-order valence-electron chi connectivity index (χ2n) is 6.65. The van der Waals surface area contributed by atoms with Crippen molar-refractivity contribution in [2.75, 3.05) is 30.8 Å². The maximum atomic E-state index is 13.1. The molecule has 1 aromatic carbocycles. The Labute approximate surface area is 183 Å². The molecule has 1 atom stereocenters. The molecule has 0 radical (unpaired) electrons. The summed E-state index contributed by atoms with van der Waals surface area (Å²) in [6.45, 7) is 0.882. The zero-order valence-corrected chi connectivity index (χ0v) is 17.5. The number of aromatic nitrogens is 2. The second-order valence-corrected chi connectivity index (χ2v) is 6.99. The van der Waals surface area contributed by atoms with Gasteiger partial charge in [0.15, 0.2) is 0 Å². The first-order valence-corrected chi connectivity index (χ1v) is 9.98. The maximum Gasteiger partial charge on any atom is 0.264 e. The Bertz CT molecular complexity index is 1010. The number of benzene rings is 1. The number of anilines is 2. The van der Waals surface area contributed by atoms with Gasteiger partial charge in [0.25, 0.3) is 11.8 Å². The fourth-order valence-corrected chi connectivity index (χ4v) is 3.47. The number of fused-ring (bicyclic) bond motifs is 1. The maximum absolute atomic E-state index is 13.1. The molecule has 11 heteroatoms. The lowest BCUT2D eigenvalue weighted by atomic mass is 10.1. The van der Waals surface area contributed by atoms with Crippen molar-refractivity contribution in [2.45, 2.75) is 18.9 Å². The molecule has 3 N–H and O–H groups in total. The highest BCUT2D eigenvalue weighted by Gasteiger charge is 2.43. The van der Waals surface area contributed by atoms with Crippen LogP contribution >= 0.6 is 11.6 Å². The standard InChI is InChI=1S/C20H21ClN6O4/c1-22-17(29)14(6-3-11-28)27-18(30)12-4-2-5-13(16(12)19(27)31)23-9-10-24-15-7-8-25-20(21)26-15/h2,4-5,7-8,11,14,23H,3,6,9-10H2,1H3,(H,22,29)(H,24,25,26). The summed E-state index contributed by atoms with van der Waals surface area (Å²) in [5, 5.41) is 8.78. The van der Waals surface area contributed by atoms with Crippen LogP contribution < -0.4 is 16.0 Å². The molecule has 1 aliphatic heterocycles. The van der Waals surface area contributed by atoms with Crippen molar-refractivity contribution in [2.24, 2.45) is 0 Å². The summed E-state index contributed by atoms with van der Waals surface area (Å²) in [6, 6.07) is 5.51. The van der Waals surface area contributed by atoms with Gasteiger partial charge in [-0.25, -0.2) is 9.97 Å². The Hall–Kier alpha value is -3.53. The Morgan fingerprint density at radius 3 is 2.68 bits per heavy atom. The highest BCUT2D eigenvalue weighted by Crippen LogP contribution is 2.31. The zero-order chi connectivity index (χ0) is 22.4. The van der Waals surface area contributed by atoms with Crippen LogP contribution in [-0.4, -0.2) is 65.1 Å². The lowest BCUT2D eigenvalue weighted by Crippen LogP contribution is -2.48. The third-order valence-electron chi connectivity index (χ3n) is 4.74. The molecular weight excluding hydrogens is 424 g/mol. The number of imide groups is 1. The van der Waals surface area contributed by atoms with Crippen molar-refractivity contribution in [1.82, 2.24) is 20.2 Å². The predicted octanol–water partition coefficient (Wildman–Crippen LogP) is 1.34. The van der Waals surface area contributed by atoms with Gasteiger partial charge in [-0.1, -0.05) is 6.07 Å². The van der Waals surface area contributed by atoms with Crippen molar-refractivity contribution < 1.29 is 19.2 Å². The normalized spacial score (nSPS) is 13.5. The van der Waals surface area contributed by atoms with Gasteiger partial charge < -0.3 is 20.7 Å². The first kappa shape index (κ1) is 22.2. The van der Waals surface area contributed by atoms with E-state index in [1.54, 1.807) is 24.3 Å². The summed E-state index contributed by atoms with van der Waals surface area (Å²) >= 11 is 5.75. The van der Waals surface area contributed by atoms with Crippen molar-refractivity contribution >= 4 is 47.1 Å². The van der Waals surface area contributed by atoms with Gasteiger partial charge >= 0.3 is 0 Å². The number of nitrogens with one attached hydrogen (secondary N) is 3.